The molecule has 0 aromatic heterocycles. The van der Waals surface area contributed by atoms with Crippen LogP contribution >= 0.6 is 22.6 Å². The van der Waals surface area contributed by atoms with Gasteiger partial charge in [0.25, 0.3) is 0 Å². The molecule has 1 aliphatic heterocycles. The van der Waals surface area contributed by atoms with Crippen LogP contribution in [0, 0.1) is 3.57 Å². The van der Waals surface area contributed by atoms with Crippen LogP contribution in [0.3, 0.4) is 0 Å². The molecule has 0 saturated carbocycles. The van der Waals surface area contributed by atoms with Gasteiger partial charge in [0.15, 0.2) is 23.1 Å². The van der Waals surface area contributed by atoms with E-state index in [4.69, 9.17) is 14.2 Å². The van der Waals surface area contributed by atoms with E-state index >= 15 is 0 Å². The minimum absolute atomic E-state index is 0.147. The molecule has 0 atom stereocenters. The van der Waals surface area contributed by atoms with Crippen molar-refractivity contribution in [2.45, 2.75) is 50.9 Å². The van der Waals surface area contributed by atoms with Crippen LogP contribution in [-0.4, -0.2) is 50.4 Å². The average Bonchev–Trinajstić information content (AvgIpc) is 2.83. The normalized spacial score (nSPS) is 18.7. The number of nitrogens with zero attached hydrogens (tertiary/aromatic N) is 1. The molecule has 3 aliphatic rings. The van der Waals surface area contributed by atoms with Crippen molar-refractivity contribution in [3.05, 3.63) is 56.5 Å². The molecule has 4 rings (SSSR count). The highest BCUT2D eigenvalue weighted by molar-refractivity contribution is 14.1. The van der Waals surface area contributed by atoms with Gasteiger partial charge in [-0.05, 0) is 72.4 Å². The second-order valence-corrected chi connectivity index (χ2v) is 10.0. The van der Waals surface area contributed by atoms with Crippen LogP contribution in [0.4, 0.5) is 0 Å². The number of carbonyl (C=O) groups is 2. The first-order chi connectivity index (χ1) is 16.5. The van der Waals surface area contributed by atoms with Gasteiger partial charge in [0.1, 0.15) is 6.61 Å². The van der Waals surface area contributed by atoms with Crippen LogP contribution in [0.2, 0.25) is 0 Å². The van der Waals surface area contributed by atoms with E-state index in [1.165, 1.54) is 0 Å². The first-order valence-electron chi connectivity index (χ1n) is 11.9. The number of rotatable bonds is 9. The lowest BCUT2D eigenvalue weighted by atomic mass is 9.71. The molecule has 0 fully saturated rings. The summed E-state index contributed by atoms with van der Waals surface area (Å²) < 4.78 is 17.7. The van der Waals surface area contributed by atoms with Crippen molar-refractivity contribution >= 4 is 34.2 Å². The number of halogens is 1. The minimum atomic E-state index is -0.361. The summed E-state index contributed by atoms with van der Waals surface area (Å²) in [6, 6.07) is 3.97. The van der Waals surface area contributed by atoms with Gasteiger partial charge in [-0.15, -0.1) is 0 Å². The first kappa shape index (κ1) is 25.0. The average molecular weight is 577 g/mol. The molecule has 1 aromatic rings. The molecule has 34 heavy (non-hydrogen) atoms. The van der Waals surface area contributed by atoms with Gasteiger partial charge in [-0.1, -0.05) is 12.7 Å². The van der Waals surface area contributed by atoms with Crippen LogP contribution in [-0.2, 0) is 14.3 Å². The SMILES string of the molecule is C=CCOc1c(I)cc(C2C3=C(CCCC3=O)N(CCCOC)C3=C2C(=O)CCC3)cc1OC. The fourth-order valence-electron chi connectivity index (χ4n) is 5.38. The highest BCUT2D eigenvalue weighted by Gasteiger charge is 2.43. The molecule has 1 aromatic carbocycles. The Morgan fingerprint density at radius 3 is 2.26 bits per heavy atom. The van der Waals surface area contributed by atoms with Crippen molar-refractivity contribution in [3.63, 3.8) is 0 Å². The zero-order valence-corrected chi connectivity index (χ0v) is 22.1. The van der Waals surface area contributed by atoms with E-state index < -0.39 is 0 Å². The summed E-state index contributed by atoms with van der Waals surface area (Å²) in [7, 11) is 3.31. The highest BCUT2D eigenvalue weighted by Crippen LogP contribution is 2.50. The maximum absolute atomic E-state index is 13.4. The van der Waals surface area contributed by atoms with Gasteiger partial charge >= 0.3 is 0 Å². The van der Waals surface area contributed by atoms with Gasteiger partial charge in [0.05, 0.1) is 10.7 Å². The summed E-state index contributed by atoms with van der Waals surface area (Å²) in [4.78, 5) is 29.1. The number of methoxy groups -OCH3 is 2. The zero-order valence-electron chi connectivity index (χ0n) is 20.0. The molecule has 6 nitrogen and oxygen atoms in total. The van der Waals surface area contributed by atoms with Crippen LogP contribution in [0.1, 0.15) is 56.4 Å². The van der Waals surface area contributed by atoms with Crippen molar-refractivity contribution in [1.29, 1.82) is 0 Å². The zero-order chi connectivity index (χ0) is 24.2. The maximum atomic E-state index is 13.4. The minimum Gasteiger partial charge on any atom is -0.493 e. The Morgan fingerprint density at radius 1 is 1.06 bits per heavy atom. The van der Waals surface area contributed by atoms with E-state index in [-0.39, 0.29) is 17.5 Å². The van der Waals surface area contributed by atoms with Gasteiger partial charge in [-0.2, -0.15) is 0 Å². The third kappa shape index (κ3) is 4.69. The van der Waals surface area contributed by atoms with Crippen LogP contribution in [0.15, 0.2) is 47.3 Å². The fraction of sp³-hybridized carbons (Fsp3) is 0.481. The molecule has 2 aliphatic carbocycles. The van der Waals surface area contributed by atoms with E-state index in [1.807, 2.05) is 12.1 Å². The van der Waals surface area contributed by atoms with Crippen molar-refractivity contribution in [1.82, 2.24) is 4.90 Å². The van der Waals surface area contributed by atoms with E-state index in [1.54, 1.807) is 20.3 Å². The Hall–Kier alpha value is -2.13. The largest absolute Gasteiger partial charge is 0.493 e. The molecule has 0 bridgehead atoms. The third-order valence-electron chi connectivity index (χ3n) is 6.75. The topological polar surface area (TPSA) is 65.1 Å². The van der Waals surface area contributed by atoms with E-state index in [0.29, 0.717) is 37.6 Å². The molecular formula is C27H32INO5. The second kappa shape index (κ2) is 11.1. The van der Waals surface area contributed by atoms with Crippen LogP contribution in [0.25, 0.3) is 0 Å². The lowest BCUT2D eigenvalue weighted by Gasteiger charge is -2.44. The third-order valence-corrected chi connectivity index (χ3v) is 7.55. The second-order valence-electron chi connectivity index (χ2n) is 8.84. The molecule has 7 heteroatoms. The summed E-state index contributed by atoms with van der Waals surface area (Å²) in [5.74, 6) is 1.18. The van der Waals surface area contributed by atoms with Gasteiger partial charge in [0, 0.05) is 61.6 Å². The number of carbonyl (C=O) groups excluding carboxylic acids is 2. The Labute approximate surface area is 215 Å². The van der Waals surface area contributed by atoms with Crippen molar-refractivity contribution in [3.8, 4) is 11.5 Å². The molecule has 0 radical (unpaired) electrons. The Kier molecular flexibility index (Phi) is 8.14. The lowest BCUT2D eigenvalue weighted by Crippen LogP contribution is -2.39. The number of allylic oxidation sites excluding steroid dienone is 4. The smallest absolute Gasteiger partial charge is 0.174 e. The number of hydrogen-bond acceptors (Lipinski definition) is 6. The Bertz CT molecular complexity index is 1010. The summed E-state index contributed by atoms with van der Waals surface area (Å²) in [6.45, 7) is 5.50. The molecule has 0 N–H and O–H groups in total. The standard InChI is InChI=1S/C27H32INO5/c1-4-13-34-27-18(28)15-17(16-23(27)33-3)24-25-19(8-5-10-21(25)30)29(12-7-14-32-2)20-9-6-11-22(31)26(20)24/h4,15-16,24H,1,5-14H2,2-3H3. The molecule has 182 valence electrons. The number of ketones is 2. The molecule has 0 spiro atoms. The molecular weight excluding hydrogens is 545 g/mol. The van der Waals surface area contributed by atoms with Gasteiger partial charge in [0.2, 0.25) is 0 Å². The van der Waals surface area contributed by atoms with E-state index in [9.17, 15) is 9.59 Å². The van der Waals surface area contributed by atoms with Crippen molar-refractivity contribution in [2.24, 2.45) is 0 Å². The highest BCUT2D eigenvalue weighted by atomic mass is 127. The summed E-state index contributed by atoms with van der Waals surface area (Å²) in [5, 5.41) is 0. The predicted molar refractivity (Wildman–Crippen MR) is 139 cm³/mol. The molecule has 0 unspecified atom stereocenters. The lowest BCUT2D eigenvalue weighted by molar-refractivity contribution is -0.117. The number of hydrogen-bond donors (Lipinski definition) is 0. The van der Waals surface area contributed by atoms with Crippen molar-refractivity contribution in [2.75, 3.05) is 34.0 Å². The number of ether oxygens (including phenoxy) is 3. The molecule has 0 saturated heterocycles. The number of benzene rings is 1. The maximum Gasteiger partial charge on any atom is 0.174 e. The first-order valence-corrected chi connectivity index (χ1v) is 13.0. The van der Waals surface area contributed by atoms with Crippen LogP contribution < -0.4 is 9.47 Å². The Balaban J connectivity index is 1.88. The van der Waals surface area contributed by atoms with E-state index in [0.717, 1.165) is 70.3 Å². The Morgan fingerprint density at radius 2 is 1.71 bits per heavy atom. The summed E-state index contributed by atoms with van der Waals surface area (Å²) in [6.07, 6.45) is 6.97. The molecule has 0 amide bonds. The predicted octanol–water partition coefficient (Wildman–Crippen LogP) is 5.31. The quantitative estimate of drug-likeness (QED) is 0.225. The van der Waals surface area contributed by atoms with Gasteiger partial charge in [-0.3, -0.25) is 9.59 Å². The summed E-state index contributed by atoms with van der Waals surface area (Å²) >= 11 is 2.24. The van der Waals surface area contributed by atoms with Crippen LogP contribution in [0.5, 0.6) is 11.5 Å². The van der Waals surface area contributed by atoms with Crippen molar-refractivity contribution < 1.29 is 23.8 Å². The fourth-order valence-corrected chi connectivity index (χ4v) is 6.16. The van der Waals surface area contributed by atoms with Gasteiger partial charge in [-0.25, -0.2) is 0 Å². The monoisotopic (exact) mass is 577 g/mol. The molecule has 1 heterocycles. The number of Topliss-reactive ketones (excluding diaryl/α,β-unsaturated/α-hetero) is 2. The van der Waals surface area contributed by atoms with Gasteiger partial charge < -0.3 is 19.1 Å². The van der Waals surface area contributed by atoms with E-state index in [2.05, 4.69) is 34.1 Å². The summed E-state index contributed by atoms with van der Waals surface area (Å²) in [5.41, 5.74) is 4.67.